The molecule has 2 heterocycles. The van der Waals surface area contributed by atoms with Crippen LogP contribution in [0.3, 0.4) is 0 Å². The highest BCUT2D eigenvalue weighted by molar-refractivity contribution is 7.12. The molecule has 0 saturated heterocycles. The van der Waals surface area contributed by atoms with Crippen LogP contribution in [0.15, 0.2) is 18.2 Å². The second-order valence-electron chi connectivity index (χ2n) is 4.96. The van der Waals surface area contributed by atoms with Gasteiger partial charge in [0.05, 0.1) is 6.54 Å². The molecule has 2 nitrogen and oxygen atoms in total. The Balaban J connectivity index is 1.70. The van der Waals surface area contributed by atoms with Crippen LogP contribution in [0.5, 0.6) is 0 Å². The number of aryl methyl sites for hydroxylation is 4. The minimum absolute atomic E-state index is 0.880. The maximum Gasteiger partial charge on any atom is 0.126 e. The molecule has 0 amide bonds. The van der Waals surface area contributed by atoms with Gasteiger partial charge < -0.3 is 5.32 Å². The minimum Gasteiger partial charge on any atom is -0.365 e. The Kier molecular flexibility index (Phi) is 3.08. The maximum atomic E-state index is 4.69. The number of thiophene rings is 1. The first-order chi connectivity index (χ1) is 8.72. The van der Waals surface area contributed by atoms with E-state index in [4.69, 9.17) is 4.98 Å². The molecule has 0 bridgehead atoms. The number of hydrogen-bond acceptors (Lipinski definition) is 3. The third kappa shape index (κ3) is 2.27. The van der Waals surface area contributed by atoms with Crippen molar-refractivity contribution >= 4 is 17.2 Å². The molecule has 0 atom stereocenters. The summed E-state index contributed by atoms with van der Waals surface area (Å²) in [6, 6.07) is 6.60. The van der Waals surface area contributed by atoms with Gasteiger partial charge in [-0.3, -0.25) is 0 Å². The summed E-state index contributed by atoms with van der Waals surface area (Å²) in [7, 11) is 0. The van der Waals surface area contributed by atoms with Gasteiger partial charge in [-0.15, -0.1) is 11.3 Å². The maximum absolute atomic E-state index is 4.69. The predicted octanol–water partition coefficient (Wildman–Crippen LogP) is 3.86. The summed E-state index contributed by atoms with van der Waals surface area (Å²) in [5.74, 6) is 1.01. The fourth-order valence-corrected chi connectivity index (χ4v) is 3.43. The van der Waals surface area contributed by atoms with Crippen molar-refractivity contribution in [2.75, 3.05) is 5.32 Å². The van der Waals surface area contributed by atoms with Crippen molar-refractivity contribution in [2.24, 2.45) is 0 Å². The van der Waals surface area contributed by atoms with Crippen molar-refractivity contribution in [3.05, 3.63) is 44.8 Å². The summed E-state index contributed by atoms with van der Waals surface area (Å²) < 4.78 is 0. The van der Waals surface area contributed by atoms with Gasteiger partial charge in [-0.1, -0.05) is 6.07 Å². The fraction of sp³-hybridized carbons (Fsp3) is 0.400. The molecule has 1 N–H and O–H groups in total. The normalized spacial score (nSPS) is 13.7. The SMILES string of the molecule is Cc1cc(CNc2ccc3c(n2)CCC3)sc1C. The molecule has 2 aromatic heterocycles. The number of hydrogen-bond donors (Lipinski definition) is 1. The van der Waals surface area contributed by atoms with Gasteiger partial charge in [0.15, 0.2) is 0 Å². The Bertz CT molecular complexity index is 552. The molecule has 0 aromatic carbocycles. The lowest BCUT2D eigenvalue weighted by Crippen LogP contribution is -2.01. The topological polar surface area (TPSA) is 24.9 Å². The molecular formula is C15H18N2S. The summed E-state index contributed by atoms with van der Waals surface area (Å²) in [5, 5.41) is 3.43. The molecule has 3 rings (SSSR count). The van der Waals surface area contributed by atoms with Crippen LogP contribution in [0, 0.1) is 13.8 Å². The van der Waals surface area contributed by atoms with Crippen molar-refractivity contribution < 1.29 is 0 Å². The van der Waals surface area contributed by atoms with Gasteiger partial charge in [-0.25, -0.2) is 4.98 Å². The van der Waals surface area contributed by atoms with Crippen LogP contribution in [0.4, 0.5) is 5.82 Å². The molecule has 2 aromatic rings. The molecule has 0 fully saturated rings. The van der Waals surface area contributed by atoms with Gasteiger partial charge >= 0.3 is 0 Å². The van der Waals surface area contributed by atoms with Crippen molar-refractivity contribution in [2.45, 2.75) is 39.7 Å². The quantitative estimate of drug-likeness (QED) is 0.904. The van der Waals surface area contributed by atoms with E-state index in [1.807, 2.05) is 11.3 Å². The first-order valence-electron chi connectivity index (χ1n) is 6.51. The fourth-order valence-electron chi connectivity index (χ4n) is 2.43. The van der Waals surface area contributed by atoms with Gasteiger partial charge in [0.25, 0.3) is 0 Å². The lowest BCUT2D eigenvalue weighted by molar-refractivity contribution is 0.899. The van der Waals surface area contributed by atoms with Crippen molar-refractivity contribution in [3.8, 4) is 0 Å². The third-order valence-electron chi connectivity index (χ3n) is 3.59. The zero-order valence-corrected chi connectivity index (χ0v) is 11.7. The van der Waals surface area contributed by atoms with Crippen molar-refractivity contribution in [3.63, 3.8) is 0 Å². The van der Waals surface area contributed by atoms with E-state index in [1.165, 1.54) is 39.4 Å². The monoisotopic (exact) mass is 258 g/mol. The highest BCUT2D eigenvalue weighted by Gasteiger charge is 2.12. The van der Waals surface area contributed by atoms with Gasteiger partial charge in [0.1, 0.15) is 5.82 Å². The summed E-state index contributed by atoms with van der Waals surface area (Å²) in [5.41, 5.74) is 4.11. The number of anilines is 1. The minimum atomic E-state index is 0.880. The Morgan fingerprint density at radius 1 is 1.28 bits per heavy atom. The lowest BCUT2D eigenvalue weighted by atomic mass is 10.2. The predicted molar refractivity (Wildman–Crippen MR) is 77.4 cm³/mol. The zero-order chi connectivity index (χ0) is 12.5. The first-order valence-corrected chi connectivity index (χ1v) is 7.32. The molecule has 0 aliphatic heterocycles. The van der Waals surface area contributed by atoms with Gasteiger partial charge in [0.2, 0.25) is 0 Å². The molecule has 1 aliphatic rings. The van der Waals surface area contributed by atoms with Gasteiger partial charge in [-0.2, -0.15) is 0 Å². The number of nitrogens with zero attached hydrogens (tertiary/aromatic N) is 1. The van der Waals surface area contributed by atoms with Crippen LogP contribution in [0.1, 0.15) is 33.0 Å². The van der Waals surface area contributed by atoms with E-state index < -0.39 is 0 Å². The van der Waals surface area contributed by atoms with Gasteiger partial charge in [0, 0.05) is 15.4 Å². The van der Waals surface area contributed by atoms with Crippen molar-refractivity contribution in [1.29, 1.82) is 0 Å². The highest BCUT2D eigenvalue weighted by Crippen LogP contribution is 2.23. The molecule has 0 unspecified atom stereocenters. The van der Waals surface area contributed by atoms with E-state index in [9.17, 15) is 0 Å². The van der Waals surface area contributed by atoms with E-state index in [2.05, 4.69) is 37.4 Å². The highest BCUT2D eigenvalue weighted by atomic mass is 32.1. The Morgan fingerprint density at radius 3 is 2.94 bits per heavy atom. The average molecular weight is 258 g/mol. The Labute approximate surface area is 112 Å². The molecule has 1 aliphatic carbocycles. The van der Waals surface area contributed by atoms with E-state index in [-0.39, 0.29) is 0 Å². The number of pyridine rings is 1. The standard InChI is InChI=1S/C15H18N2S/c1-10-8-13(18-11(10)2)9-16-15-7-6-12-4-3-5-14(12)17-15/h6-8H,3-5,9H2,1-2H3,(H,16,17). The smallest absolute Gasteiger partial charge is 0.126 e. The van der Waals surface area contributed by atoms with Crippen LogP contribution in [0.2, 0.25) is 0 Å². The molecule has 3 heteroatoms. The number of rotatable bonds is 3. The van der Waals surface area contributed by atoms with Crippen molar-refractivity contribution in [1.82, 2.24) is 4.98 Å². The third-order valence-corrected chi connectivity index (χ3v) is 4.74. The molecule has 0 spiro atoms. The summed E-state index contributed by atoms with van der Waals surface area (Å²) in [6.07, 6.45) is 3.60. The summed E-state index contributed by atoms with van der Waals surface area (Å²) in [6.45, 7) is 5.23. The second-order valence-corrected chi connectivity index (χ2v) is 6.30. The molecule has 0 saturated carbocycles. The zero-order valence-electron chi connectivity index (χ0n) is 10.9. The van der Waals surface area contributed by atoms with Crippen LogP contribution in [0.25, 0.3) is 0 Å². The van der Waals surface area contributed by atoms with Crippen LogP contribution in [-0.2, 0) is 19.4 Å². The molecular weight excluding hydrogens is 240 g/mol. The van der Waals surface area contributed by atoms with Crippen LogP contribution >= 0.6 is 11.3 Å². The van der Waals surface area contributed by atoms with E-state index in [1.54, 1.807) is 0 Å². The number of nitrogens with one attached hydrogen (secondary N) is 1. The van der Waals surface area contributed by atoms with E-state index in [0.717, 1.165) is 18.8 Å². The summed E-state index contributed by atoms with van der Waals surface area (Å²) >= 11 is 1.87. The molecule has 0 radical (unpaired) electrons. The first kappa shape index (κ1) is 11.7. The number of fused-ring (bicyclic) bond motifs is 1. The summed E-state index contributed by atoms with van der Waals surface area (Å²) in [4.78, 5) is 7.48. The van der Waals surface area contributed by atoms with Crippen LogP contribution in [-0.4, -0.2) is 4.98 Å². The Morgan fingerprint density at radius 2 is 2.17 bits per heavy atom. The van der Waals surface area contributed by atoms with Gasteiger partial charge in [-0.05, 0) is 56.4 Å². The molecule has 18 heavy (non-hydrogen) atoms. The second kappa shape index (κ2) is 4.73. The largest absolute Gasteiger partial charge is 0.365 e. The average Bonchev–Trinajstić information content (AvgIpc) is 2.94. The lowest BCUT2D eigenvalue weighted by Gasteiger charge is -2.06. The number of aromatic nitrogens is 1. The Hall–Kier alpha value is -1.35. The van der Waals surface area contributed by atoms with Crippen LogP contribution < -0.4 is 5.32 Å². The van der Waals surface area contributed by atoms with E-state index >= 15 is 0 Å². The van der Waals surface area contributed by atoms with E-state index in [0.29, 0.717) is 0 Å². The molecule has 94 valence electrons.